The number of nitrogens with one attached hydrogen (secondary N) is 2. The van der Waals surface area contributed by atoms with Crippen LogP contribution < -0.4 is 10.6 Å². The van der Waals surface area contributed by atoms with Gasteiger partial charge in [0.15, 0.2) is 0 Å². The maximum Gasteiger partial charge on any atom is 0.416 e. The molecule has 0 atom stereocenters. The summed E-state index contributed by atoms with van der Waals surface area (Å²) in [5.41, 5.74) is -0.444. The maximum absolute atomic E-state index is 12.7. The van der Waals surface area contributed by atoms with Crippen LogP contribution in [-0.2, 0) is 6.18 Å². The van der Waals surface area contributed by atoms with Crippen LogP contribution in [0.5, 0.6) is 0 Å². The first-order valence-corrected chi connectivity index (χ1v) is 6.90. The van der Waals surface area contributed by atoms with Gasteiger partial charge in [-0.05, 0) is 47.1 Å². The van der Waals surface area contributed by atoms with Gasteiger partial charge in [-0.3, -0.25) is 0 Å². The molecule has 21 heavy (non-hydrogen) atoms. The summed E-state index contributed by atoms with van der Waals surface area (Å²) in [6.45, 7) is 2.55. The summed E-state index contributed by atoms with van der Waals surface area (Å²) in [7, 11) is 0. The fourth-order valence-electron chi connectivity index (χ4n) is 1.61. The summed E-state index contributed by atoms with van der Waals surface area (Å²) in [6.07, 6.45) is -2.87. The standard InChI is InChI=1S/C13H12BrF3N4/c1-2-18-12-19-6-5-11(21-12)20-10-7-8(13(15,16)17)3-4-9(10)14/h3-7H,2H2,1H3,(H2,18,19,20,21). The number of hydrogen-bond donors (Lipinski definition) is 2. The molecule has 0 saturated carbocycles. The SMILES string of the molecule is CCNc1nccc(Nc2cc(C(F)(F)F)ccc2Br)n1. The van der Waals surface area contributed by atoms with E-state index >= 15 is 0 Å². The number of rotatable bonds is 4. The van der Waals surface area contributed by atoms with Crippen LogP contribution in [0.15, 0.2) is 34.9 Å². The number of nitrogens with zero attached hydrogens (tertiary/aromatic N) is 2. The first-order chi connectivity index (χ1) is 9.90. The maximum atomic E-state index is 12.7. The van der Waals surface area contributed by atoms with Gasteiger partial charge in [0.2, 0.25) is 5.95 Å². The lowest BCUT2D eigenvalue weighted by Crippen LogP contribution is -2.07. The van der Waals surface area contributed by atoms with Crippen LogP contribution in [0.1, 0.15) is 12.5 Å². The molecule has 8 heteroatoms. The molecular weight excluding hydrogens is 349 g/mol. The molecule has 1 aromatic heterocycles. The van der Waals surface area contributed by atoms with Gasteiger partial charge >= 0.3 is 6.18 Å². The van der Waals surface area contributed by atoms with E-state index < -0.39 is 11.7 Å². The van der Waals surface area contributed by atoms with E-state index in [1.165, 1.54) is 12.3 Å². The predicted molar refractivity (Wildman–Crippen MR) is 78.6 cm³/mol. The number of hydrogen-bond acceptors (Lipinski definition) is 4. The molecule has 2 aromatic rings. The smallest absolute Gasteiger partial charge is 0.354 e. The Morgan fingerprint density at radius 2 is 2.00 bits per heavy atom. The van der Waals surface area contributed by atoms with Crippen molar-refractivity contribution in [1.82, 2.24) is 9.97 Å². The summed E-state index contributed by atoms with van der Waals surface area (Å²) < 4.78 is 38.7. The molecule has 112 valence electrons. The minimum atomic E-state index is -4.39. The second-order valence-corrected chi connectivity index (χ2v) is 4.97. The zero-order chi connectivity index (χ0) is 15.5. The van der Waals surface area contributed by atoms with Crippen molar-refractivity contribution >= 4 is 33.4 Å². The molecule has 2 N–H and O–H groups in total. The van der Waals surface area contributed by atoms with Gasteiger partial charge in [0.1, 0.15) is 5.82 Å². The van der Waals surface area contributed by atoms with Crippen molar-refractivity contribution in [2.75, 3.05) is 17.2 Å². The first kappa shape index (κ1) is 15.6. The van der Waals surface area contributed by atoms with Gasteiger partial charge in [-0.25, -0.2) is 4.98 Å². The Morgan fingerprint density at radius 1 is 1.24 bits per heavy atom. The number of anilines is 3. The van der Waals surface area contributed by atoms with Crippen LogP contribution >= 0.6 is 15.9 Å². The second kappa shape index (κ2) is 6.30. The van der Waals surface area contributed by atoms with Crippen LogP contribution in [0.25, 0.3) is 0 Å². The van der Waals surface area contributed by atoms with E-state index in [-0.39, 0.29) is 5.69 Å². The highest BCUT2D eigenvalue weighted by Crippen LogP contribution is 2.34. The van der Waals surface area contributed by atoms with E-state index in [9.17, 15) is 13.2 Å². The third-order valence-corrected chi connectivity index (χ3v) is 3.24. The molecule has 0 aliphatic rings. The van der Waals surface area contributed by atoms with Crippen LogP contribution in [0.4, 0.5) is 30.6 Å². The van der Waals surface area contributed by atoms with Gasteiger partial charge in [0.05, 0.1) is 11.3 Å². The van der Waals surface area contributed by atoms with E-state index in [4.69, 9.17) is 0 Å². The van der Waals surface area contributed by atoms with Crippen LogP contribution in [0.2, 0.25) is 0 Å². The summed E-state index contributed by atoms with van der Waals surface area (Å²) in [5, 5.41) is 5.78. The molecule has 4 nitrogen and oxygen atoms in total. The molecule has 2 rings (SSSR count). The van der Waals surface area contributed by atoms with Crippen molar-refractivity contribution in [1.29, 1.82) is 0 Å². The molecule has 0 fully saturated rings. The largest absolute Gasteiger partial charge is 0.416 e. The monoisotopic (exact) mass is 360 g/mol. The Balaban J connectivity index is 2.28. The van der Waals surface area contributed by atoms with E-state index in [0.29, 0.717) is 22.8 Å². The minimum Gasteiger partial charge on any atom is -0.354 e. The fraction of sp³-hybridized carbons (Fsp3) is 0.231. The zero-order valence-corrected chi connectivity index (χ0v) is 12.6. The third kappa shape index (κ3) is 4.07. The van der Waals surface area contributed by atoms with Crippen molar-refractivity contribution in [3.8, 4) is 0 Å². The van der Waals surface area contributed by atoms with Crippen molar-refractivity contribution in [3.05, 3.63) is 40.5 Å². The predicted octanol–water partition coefficient (Wildman–Crippen LogP) is 4.43. The molecule has 0 aliphatic heterocycles. The topological polar surface area (TPSA) is 49.8 Å². The van der Waals surface area contributed by atoms with Gasteiger partial charge in [-0.1, -0.05) is 0 Å². The van der Waals surface area contributed by atoms with E-state index in [2.05, 4.69) is 36.5 Å². The van der Waals surface area contributed by atoms with E-state index in [0.717, 1.165) is 12.1 Å². The highest BCUT2D eigenvalue weighted by atomic mass is 79.9. The molecule has 0 spiro atoms. The van der Waals surface area contributed by atoms with Crippen molar-refractivity contribution in [3.63, 3.8) is 0 Å². The Bertz CT molecular complexity index is 631. The lowest BCUT2D eigenvalue weighted by molar-refractivity contribution is -0.137. The van der Waals surface area contributed by atoms with Crippen molar-refractivity contribution < 1.29 is 13.2 Å². The molecule has 1 aromatic carbocycles. The summed E-state index contributed by atoms with van der Waals surface area (Å²) >= 11 is 3.22. The van der Waals surface area contributed by atoms with Crippen molar-refractivity contribution in [2.24, 2.45) is 0 Å². The minimum absolute atomic E-state index is 0.283. The molecule has 0 radical (unpaired) electrons. The van der Waals surface area contributed by atoms with Gasteiger partial charge in [-0.15, -0.1) is 0 Å². The molecular formula is C13H12BrF3N4. The number of alkyl halides is 3. The average Bonchev–Trinajstić information content (AvgIpc) is 2.41. The van der Waals surface area contributed by atoms with Gasteiger partial charge in [-0.2, -0.15) is 18.2 Å². The number of benzene rings is 1. The lowest BCUT2D eigenvalue weighted by Gasteiger charge is -2.12. The highest BCUT2D eigenvalue weighted by molar-refractivity contribution is 9.10. The Kier molecular flexibility index (Phi) is 4.66. The summed E-state index contributed by atoms with van der Waals surface area (Å²) in [4.78, 5) is 8.15. The van der Waals surface area contributed by atoms with Crippen LogP contribution in [0.3, 0.4) is 0 Å². The van der Waals surface area contributed by atoms with E-state index in [1.54, 1.807) is 6.07 Å². The molecule has 1 heterocycles. The van der Waals surface area contributed by atoms with Crippen molar-refractivity contribution in [2.45, 2.75) is 13.1 Å². The number of aromatic nitrogens is 2. The van der Waals surface area contributed by atoms with Gasteiger partial charge in [0, 0.05) is 17.2 Å². The van der Waals surface area contributed by atoms with Crippen LogP contribution in [-0.4, -0.2) is 16.5 Å². The second-order valence-electron chi connectivity index (χ2n) is 4.11. The Morgan fingerprint density at radius 3 is 2.67 bits per heavy atom. The molecule has 0 unspecified atom stereocenters. The molecule has 0 aliphatic carbocycles. The molecule has 0 bridgehead atoms. The average molecular weight is 361 g/mol. The molecule has 0 amide bonds. The quantitative estimate of drug-likeness (QED) is 0.846. The van der Waals surface area contributed by atoms with Gasteiger partial charge < -0.3 is 10.6 Å². The lowest BCUT2D eigenvalue weighted by atomic mass is 10.2. The van der Waals surface area contributed by atoms with Crippen LogP contribution in [0, 0.1) is 0 Å². The first-order valence-electron chi connectivity index (χ1n) is 6.11. The summed E-state index contributed by atoms with van der Waals surface area (Å²) in [6, 6.07) is 4.96. The zero-order valence-electron chi connectivity index (χ0n) is 11.0. The van der Waals surface area contributed by atoms with E-state index in [1.807, 2.05) is 6.92 Å². The highest BCUT2D eigenvalue weighted by Gasteiger charge is 2.30. The summed E-state index contributed by atoms with van der Waals surface area (Å²) in [5.74, 6) is 0.812. The normalized spacial score (nSPS) is 11.3. The van der Waals surface area contributed by atoms with Gasteiger partial charge in [0.25, 0.3) is 0 Å². The number of halogens is 4. The third-order valence-electron chi connectivity index (χ3n) is 2.55. The fourth-order valence-corrected chi connectivity index (χ4v) is 1.95. The molecule has 0 saturated heterocycles. The Labute approximate surface area is 127 Å². The Hall–Kier alpha value is -1.83.